The minimum Gasteiger partial charge on any atom is -0.508 e. The van der Waals surface area contributed by atoms with Crippen LogP contribution < -0.4 is 0 Å². The van der Waals surface area contributed by atoms with Crippen LogP contribution in [0.2, 0.25) is 0 Å². The summed E-state index contributed by atoms with van der Waals surface area (Å²) >= 11 is 0. The molecule has 0 saturated heterocycles. The van der Waals surface area contributed by atoms with Crippen molar-refractivity contribution in [3.05, 3.63) is 28.3 Å². The molecule has 0 saturated carbocycles. The monoisotopic (exact) mass is 571 g/mol. The predicted octanol–water partition coefficient (Wildman–Crippen LogP) is 13.4. The third-order valence-electron chi connectivity index (χ3n) is 9.16. The molecule has 1 rings (SSSR count). The van der Waals surface area contributed by atoms with E-state index in [1.807, 2.05) is 0 Å². The van der Waals surface area contributed by atoms with Crippen LogP contribution in [-0.2, 0) is 25.7 Å². The lowest BCUT2D eigenvalue weighted by Gasteiger charge is -2.22. The summed E-state index contributed by atoms with van der Waals surface area (Å²) in [6.07, 6.45) is 31.3. The molecule has 0 aromatic heterocycles. The number of phenolic OH excluding ortho intramolecular Hbond substituents is 1. The van der Waals surface area contributed by atoms with Gasteiger partial charge in [-0.05, 0) is 97.4 Å². The van der Waals surface area contributed by atoms with E-state index in [9.17, 15) is 5.11 Å². The van der Waals surface area contributed by atoms with Gasteiger partial charge >= 0.3 is 0 Å². The Morgan fingerprint density at radius 3 is 1.27 bits per heavy atom. The molecule has 0 heterocycles. The van der Waals surface area contributed by atoms with Crippen LogP contribution in [0, 0.1) is 17.8 Å². The number of aromatic hydroxyl groups is 1. The van der Waals surface area contributed by atoms with E-state index < -0.39 is 0 Å². The fourth-order valence-corrected chi connectivity index (χ4v) is 6.53. The zero-order chi connectivity index (χ0) is 30.3. The minimum absolute atomic E-state index is 0.617. The predicted molar refractivity (Wildman–Crippen MR) is 185 cm³/mol. The summed E-state index contributed by atoms with van der Waals surface area (Å²) in [7, 11) is 0. The van der Waals surface area contributed by atoms with Gasteiger partial charge in [-0.2, -0.15) is 0 Å². The maximum Gasteiger partial charge on any atom is 0.119 e. The molecule has 41 heavy (non-hydrogen) atoms. The molecular formula is C40H74O. The van der Waals surface area contributed by atoms with Crippen molar-refractivity contribution >= 4 is 0 Å². The van der Waals surface area contributed by atoms with Gasteiger partial charge in [-0.3, -0.25) is 0 Å². The van der Waals surface area contributed by atoms with Crippen molar-refractivity contribution in [1.29, 1.82) is 0 Å². The van der Waals surface area contributed by atoms with Gasteiger partial charge in [0.2, 0.25) is 0 Å². The van der Waals surface area contributed by atoms with Crippen LogP contribution in [0.4, 0.5) is 0 Å². The molecule has 1 nitrogen and oxygen atoms in total. The smallest absolute Gasteiger partial charge is 0.119 e. The molecule has 0 atom stereocenters. The summed E-state index contributed by atoms with van der Waals surface area (Å²) in [5, 5.41) is 11.4. The lowest BCUT2D eigenvalue weighted by atomic mass is 9.84. The minimum atomic E-state index is 0.617. The molecular weight excluding hydrogens is 496 g/mol. The molecule has 1 aromatic carbocycles. The molecule has 0 aliphatic heterocycles. The number of benzene rings is 1. The van der Waals surface area contributed by atoms with Crippen molar-refractivity contribution in [1.82, 2.24) is 0 Å². The van der Waals surface area contributed by atoms with Crippen LogP contribution in [0.25, 0.3) is 0 Å². The van der Waals surface area contributed by atoms with E-state index >= 15 is 0 Å². The second-order valence-corrected chi connectivity index (χ2v) is 14.7. The average Bonchev–Trinajstić information content (AvgIpc) is 2.91. The molecule has 0 amide bonds. The van der Waals surface area contributed by atoms with Gasteiger partial charge in [0.05, 0.1) is 0 Å². The molecule has 0 fully saturated rings. The Morgan fingerprint density at radius 1 is 0.439 bits per heavy atom. The first kappa shape index (κ1) is 38.0. The number of unbranched alkanes of at least 4 members (excludes halogenated alkanes) is 13. The lowest BCUT2D eigenvalue weighted by Crippen LogP contribution is -2.07. The maximum atomic E-state index is 11.4. The van der Waals surface area contributed by atoms with Gasteiger partial charge in [-0.25, -0.2) is 0 Å². The summed E-state index contributed by atoms with van der Waals surface area (Å²) in [6, 6.07) is 2.22. The van der Waals surface area contributed by atoms with Crippen LogP contribution >= 0.6 is 0 Å². The van der Waals surface area contributed by atoms with Gasteiger partial charge in [-0.15, -0.1) is 0 Å². The largest absolute Gasteiger partial charge is 0.508 e. The normalized spacial score (nSPS) is 12.0. The number of aryl methyl sites for hydroxylation is 1. The maximum absolute atomic E-state index is 11.4. The van der Waals surface area contributed by atoms with Gasteiger partial charge in [0, 0.05) is 0 Å². The van der Waals surface area contributed by atoms with Gasteiger partial charge in [0.15, 0.2) is 0 Å². The highest BCUT2D eigenvalue weighted by Gasteiger charge is 2.18. The van der Waals surface area contributed by atoms with Crippen molar-refractivity contribution in [2.75, 3.05) is 0 Å². The highest BCUT2D eigenvalue weighted by molar-refractivity contribution is 5.50. The summed E-state index contributed by atoms with van der Waals surface area (Å²) in [5.74, 6) is 3.03. The Kier molecular flexibility index (Phi) is 22.7. The zero-order valence-corrected chi connectivity index (χ0v) is 29.2. The molecule has 0 bridgehead atoms. The van der Waals surface area contributed by atoms with Crippen molar-refractivity contribution in [2.45, 2.75) is 203 Å². The molecule has 0 aliphatic rings. The molecule has 0 spiro atoms. The summed E-state index contributed by atoms with van der Waals surface area (Å²) in [5.41, 5.74) is 6.02. The standard InChI is InChI=1S/C40H74O/c1-8-9-10-11-12-13-14-22-31-39-38(30-24-17-20-27-35(6)7)37(29-23-16-19-26-34(4)5)36(32-40(39)41)28-21-15-18-25-33(2)3/h32-35,41H,8-31H2,1-7H3. The highest BCUT2D eigenvalue weighted by atomic mass is 16.3. The quantitative estimate of drug-likeness (QED) is 0.104. The fourth-order valence-electron chi connectivity index (χ4n) is 6.53. The van der Waals surface area contributed by atoms with Crippen LogP contribution in [0.5, 0.6) is 5.75 Å². The SMILES string of the molecule is CCCCCCCCCCc1c(O)cc(CCCCCC(C)C)c(CCCCCC(C)C)c1CCCCCC(C)C. The van der Waals surface area contributed by atoms with Crippen molar-refractivity contribution in [3.8, 4) is 5.75 Å². The number of hydrogen-bond donors (Lipinski definition) is 1. The number of rotatable bonds is 27. The van der Waals surface area contributed by atoms with Crippen LogP contribution in [0.3, 0.4) is 0 Å². The number of phenols is 1. The first-order chi connectivity index (χ1) is 19.8. The van der Waals surface area contributed by atoms with Crippen LogP contribution in [0.15, 0.2) is 6.07 Å². The van der Waals surface area contributed by atoms with E-state index in [4.69, 9.17) is 0 Å². The summed E-state index contributed by atoms with van der Waals surface area (Å²) < 4.78 is 0. The van der Waals surface area contributed by atoms with Crippen molar-refractivity contribution < 1.29 is 5.11 Å². The van der Waals surface area contributed by atoms with E-state index in [2.05, 4.69) is 54.5 Å². The van der Waals surface area contributed by atoms with Crippen LogP contribution in [-0.4, -0.2) is 5.11 Å². The lowest BCUT2D eigenvalue weighted by molar-refractivity contribution is 0.461. The van der Waals surface area contributed by atoms with E-state index in [-0.39, 0.29) is 0 Å². The number of hydrogen-bond acceptors (Lipinski definition) is 1. The van der Waals surface area contributed by atoms with E-state index in [1.54, 1.807) is 11.1 Å². The first-order valence-electron chi connectivity index (χ1n) is 18.6. The Morgan fingerprint density at radius 2 is 0.805 bits per heavy atom. The topological polar surface area (TPSA) is 20.2 Å². The van der Waals surface area contributed by atoms with E-state index in [1.165, 1.54) is 152 Å². The average molecular weight is 571 g/mol. The Labute approximate surface area is 259 Å². The molecule has 1 heteroatoms. The second kappa shape index (κ2) is 24.5. The third-order valence-corrected chi connectivity index (χ3v) is 9.16. The van der Waals surface area contributed by atoms with E-state index in [0.717, 1.165) is 30.6 Å². The Bertz CT molecular complexity index is 744. The molecule has 1 aromatic rings. The summed E-state index contributed by atoms with van der Waals surface area (Å²) in [4.78, 5) is 0. The molecule has 0 unspecified atom stereocenters. The van der Waals surface area contributed by atoms with Crippen molar-refractivity contribution in [3.63, 3.8) is 0 Å². The molecule has 240 valence electrons. The molecule has 0 radical (unpaired) electrons. The highest BCUT2D eigenvalue weighted by Crippen LogP contribution is 2.34. The molecule has 0 aliphatic carbocycles. The van der Waals surface area contributed by atoms with Gasteiger partial charge < -0.3 is 5.11 Å². The van der Waals surface area contributed by atoms with Crippen LogP contribution in [0.1, 0.15) is 199 Å². The molecule has 1 N–H and O–H groups in total. The van der Waals surface area contributed by atoms with Gasteiger partial charge in [0.25, 0.3) is 0 Å². The fraction of sp³-hybridized carbons (Fsp3) is 0.850. The van der Waals surface area contributed by atoms with Gasteiger partial charge in [-0.1, -0.05) is 151 Å². The van der Waals surface area contributed by atoms with Crippen molar-refractivity contribution in [2.24, 2.45) is 17.8 Å². The Balaban J connectivity index is 3.04. The first-order valence-corrected chi connectivity index (χ1v) is 18.6. The van der Waals surface area contributed by atoms with E-state index in [0.29, 0.717) is 5.75 Å². The third kappa shape index (κ3) is 19.0. The second-order valence-electron chi connectivity index (χ2n) is 14.7. The zero-order valence-electron chi connectivity index (χ0n) is 29.2. The summed E-state index contributed by atoms with van der Waals surface area (Å²) in [6.45, 7) is 16.4. The Hall–Kier alpha value is -0.980. The van der Waals surface area contributed by atoms with Gasteiger partial charge in [0.1, 0.15) is 5.75 Å².